The van der Waals surface area contributed by atoms with Crippen molar-refractivity contribution in [2.75, 3.05) is 6.54 Å². The van der Waals surface area contributed by atoms with Gasteiger partial charge in [0.1, 0.15) is 0 Å². The quantitative estimate of drug-likeness (QED) is 0.706. The molecular formula is C12H25N. The largest absolute Gasteiger partial charge is 0.314 e. The normalized spacial score (nSPS) is 29.5. The highest BCUT2D eigenvalue weighted by Crippen LogP contribution is 2.20. The summed E-state index contributed by atoms with van der Waals surface area (Å²) in [5, 5.41) is 3.57. The van der Waals surface area contributed by atoms with Crippen molar-refractivity contribution in [2.45, 2.75) is 58.9 Å². The minimum Gasteiger partial charge on any atom is -0.314 e. The summed E-state index contributed by atoms with van der Waals surface area (Å²) in [5.41, 5.74) is 0. The predicted molar refractivity (Wildman–Crippen MR) is 58.9 cm³/mol. The number of nitrogens with one attached hydrogen (secondary N) is 1. The Morgan fingerprint density at radius 2 is 2.08 bits per heavy atom. The molecule has 1 saturated heterocycles. The Morgan fingerprint density at radius 3 is 2.62 bits per heavy atom. The first-order valence-electron chi connectivity index (χ1n) is 5.92. The molecule has 1 rings (SSSR count). The van der Waals surface area contributed by atoms with Crippen LogP contribution in [0.3, 0.4) is 0 Å². The van der Waals surface area contributed by atoms with Crippen LogP contribution in [-0.2, 0) is 0 Å². The zero-order chi connectivity index (χ0) is 9.68. The van der Waals surface area contributed by atoms with Gasteiger partial charge in [-0.3, -0.25) is 0 Å². The van der Waals surface area contributed by atoms with Crippen LogP contribution in [0.1, 0.15) is 52.9 Å². The Kier molecular flexibility index (Phi) is 4.79. The molecular weight excluding hydrogens is 158 g/mol. The molecule has 0 saturated carbocycles. The molecule has 1 N–H and O–H groups in total. The standard InChI is InChI=1S/C12H25N/c1-10(2)5-4-6-12-8-7-11(3)13-9-12/h10-13H,4-9H2,1-3H3. The van der Waals surface area contributed by atoms with Crippen LogP contribution in [0.25, 0.3) is 0 Å². The van der Waals surface area contributed by atoms with Crippen molar-refractivity contribution in [3.05, 3.63) is 0 Å². The lowest BCUT2D eigenvalue weighted by molar-refractivity contribution is 0.298. The smallest absolute Gasteiger partial charge is 0.00389 e. The van der Waals surface area contributed by atoms with Crippen LogP contribution in [0.5, 0.6) is 0 Å². The molecule has 0 aromatic rings. The number of rotatable bonds is 4. The lowest BCUT2D eigenvalue weighted by atomic mass is 9.90. The molecule has 78 valence electrons. The van der Waals surface area contributed by atoms with E-state index in [1.54, 1.807) is 0 Å². The van der Waals surface area contributed by atoms with Crippen LogP contribution in [0.2, 0.25) is 0 Å². The predicted octanol–water partition coefficient (Wildman–Crippen LogP) is 3.20. The number of hydrogen-bond acceptors (Lipinski definition) is 1. The van der Waals surface area contributed by atoms with Crippen molar-refractivity contribution < 1.29 is 0 Å². The summed E-state index contributed by atoms with van der Waals surface area (Å²) in [6.07, 6.45) is 7.11. The Hall–Kier alpha value is -0.0400. The van der Waals surface area contributed by atoms with Gasteiger partial charge in [-0.1, -0.05) is 26.7 Å². The van der Waals surface area contributed by atoms with Gasteiger partial charge in [0.2, 0.25) is 0 Å². The first-order valence-corrected chi connectivity index (χ1v) is 5.92. The Labute approximate surface area is 83.3 Å². The van der Waals surface area contributed by atoms with E-state index in [1.165, 1.54) is 38.6 Å². The third-order valence-corrected chi connectivity index (χ3v) is 3.16. The maximum atomic E-state index is 3.57. The molecule has 2 atom stereocenters. The van der Waals surface area contributed by atoms with Gasteiger partial charge in [-0.05, 0) is 44.6 Å². The average Bonchev–Trinajstić information content (AvgIpc) is 2.08. The van der Waals surface area contributed by atoms with E-state index >= 15 is 0 Å². The maximum Gasteiger partial charge on any atom is 0.00389 e. The minimum atomic E-state index is 0.765. The fraction of sp³-hybridized carbons (Fsp3) is 1.00. The van der Waals surface area contributed by atoms with Crippen LogP contribution in [-0.4, -0.2) is 12.6 Å². The average molecular weight is 183 g/mol. The second-order valence-corrected chi connectivity index (χ2v) is 5.08. The monoisotopic (exact) mass is 183 g/mol. The first kappa shape index (κ1) is 11.0. The third-order valence-electron chi connectivity index (χ3n) is 3.16. The molecule has 2 unspecified atom stereocenters. The fourth-order valence-electron chi connectivity index (χ4n) is 2.12. The molecule has 13 heavy (non-hydrogen) atoms. The van der Waals surface area contributed by atoms with Gasteiger partial charge in [0, 0.05) is 6.04 Å². The summed E-state index contributed by atoms with van der Waals surface area (Å²) in [7, 11) is 0. The summed E-state index contributed by atoms with van der Waals surface area (Å²) in [4.78, 5) is 0. The molecule has 0 spiro atoms. The van der Waals surface area contributed by atoms with Crippen LogP contribution in [0.4, 0.5) is 0 Å². The zero-order valence-corrected chi connectivity index (χ0v) is 9.47. The molecule has 0 aliphatic carbocycles. The van der Waals surface area contributed by atoms with Crippen LogP contribution in [0.15, 0.2) is 0 Å². The highest BCUT2D eigenvalue weighted by molar-refractivity contribution is 4.74. The molecule has 1 aliphatic heterocycles. The Balaban J connectivity index is 2.02. The van der Waals surface area contributed by atoms with E-state index < -0.39 is 0 Å². The van der Waals surface area contributed by atoms with Crippen molar-refractivity contribution in [3.63, 3.8) is 0 Å². The molecule has 0 aromatic heterocycles. The molecule has 1 heteroatoms. The number of piperidine rings is 1. The van der Waals surface area contributed by atoms with E-state index in [0.717, 1.165) is 17.9 Å². The van der Waals surface area contributed by atoms with Gasteiger partial charge in [0.05, 0.1) is 0 Å². The summed E-state index contributed by atoms with van der Waals surface area (Å²) >= 11 is 0. The summed E-state index contributed by atoms with van der Waals surface area (Å²) in [6, 6.07) is 0.765. The molecule has 0 aromatic carbocycles. The second kappa shape index (κ2) is 5.64. The van der Waals surface area contributed by atoms with Gasteiger partial charge in [-0.15, -0.1) is 0 Å². The van der Waals surface area contributed by atoms with E-state index in [4.69, 9.17) is 0 Å². The molecule has 1 aliphatic rings. The van der Waals surface area contributed by atoms with Crippen molar-refractivity contribution in [2.24, 2.45) is 11.8 Å². The molecule has 1 heterocycles. The van der Waals surface area contributed by atoms with Crippen LogP contribution < -0.4 is 5.32 Å². The lowest BCUT2D eigenvalue weighted by Crippen LogP contribution is -2.36. The molecule has 0 bridgehead atoms. The highest BCUT2D eigenvalue weighted by Gasteiger charge is 2.16. The maximum absolute atomic E-state index is 3.57. The zero-order valence-electron chi connectivity index (χ0n) is 9.47. The van der Waals surface area contributed by atoms with Crippen molar-refractivity contribution in [1.82, 2.24) is 5.32 Å². The van der Waals surface area contributed by atoms with Gasteiger partial charge in [-0.2, -0.15) is 0 Å². The lowest BCUT2D eigenvalue weighted by Gasteiger charge is -2.27. The van der Waals surface area contributed by atoms with Gasteiger partial charge in [-0.25, -0.2) is 0 Å². The van der Waals surface area contributed by atoms with Gasteiger partial charge >= 0.3 is 0 Å². The summed E-state index contributed by atoms with van der Waals surface area (Å²) in [5.74, 6) is 1.85. The van der Waals surface area contributed by atoms with E-state index in [-0.39, 0.29) is 0 Å². The van der Waals surface area contributed by atoms with E-state index in [9.17, 15) is 0 Å². The van der Waals surface area contributed by atoms with E-state index in [2.05, 4.69) is 26.1 Å². The van der Waals surface area contributed by atoms with Crippen LogP contribution in [0, 0.1) is 11.8 Å². The van der Waals surface area contributed by atoms with Crippen LogP contribution >= 0.6 is 0 Å². The summed E-state index contributed by atoms with van der Waals surface area (Å²) in [6.45, 7) is 8.20. The van der Waals surface area contributed by atoms with Crippen molar-refractivity contribution in [1.29, 1.82) is 0 Å². The number of hydrogen-bond donors (Lipinski definition) is 1. The molecule has 0 amide bonds. The SMILES string of the molecule is CC(C)CCCC1CCC(C)NC1. The van der Waals surface area contributed by atoms with Gasteiger partial charge in [0.25, 0.3) is 0 Å². The fourth-order valence-corrected chi connectivity index (χ4v) is 2.12. The van der Waals surface area contributed by atoms with Crippen molar-refractivity contribution >= 4 is 0 Å². The summed E-state index contributed by atoms with van der Waals surface area (Å²) < 4.78 is 0. The van der Waals surface area contributed by atoms with E-state index in [0.29, 0.717) is 0 Å². The van der Waals surface area contributed by atoms with Gasteiger partial charge in [0.15, 0.2) is 0 Å². The van der Waals surface area contributed by atoms with Gasteiger partial charge < -0.3 is 5.32 Å². The first-order chi connectivity index (χ1) is 6.18. The van der Waals surface area contributed by atoms with E-state index in [1.807, 2.05) is 0 Å². The minimum absolute atomic E-state index is 0.765. The molecule has 0 radical (unpaired) electrons. The topological polar surface area (TPSA) is 12.0 Å². The molecule has 1 nitrogen and oxygen atoms in total. The third kappa shape index (κ3) is 4.66. The Bertz CT molecular complexity index is 123. The second-order valence-electron chi connectivity index (χ2n) is 5.08. The molecule has 1 fully saturated rings. The highest BCUT2D eigenvalue weighted by atomic mass is 14.9. The van der Waals surface area contributed by atoms with Crippen molar-refractivity contribution in [3.8, 4) is 0 Å². The Morgan fingerprint density at radius 1 is 1.31 bits per heavy atom.